The van der Waals surface area contributed by atoms with Gasteiger partial charge in [0.15, 0.2) is 5.78 Å². The summed E-state index contributed by atoms with van der Waals surface area (Å²) in [6.07, 6.45) is 0.575. The van der Waals surface area contributed by atoms with Gasteiger partial charge < -0.3 is 9.84 Å². The van der Waals surface area contributed by atoms with Crippen molar-refractivity contribution in [3.05, 3.63) is 29.3 Å². The predicted octanol–water partition coefficient (Wildman–Crippen LogP) is 1.96. The number of hydrogen-bond acceptors (Lipinski definition) is 3. The second kappa shape index (κ2) is 5.51. The second-order valence-electron chi connectivity index (χ2n) is 3.43. The van der Waals surface area contributed by atoms with Gasteiger partial charge >= 0.3 is 0 Å². The second-order valence-corrected chi connectivity index (χ2v) is 3.43. The van der Waals surface area contributed by atoms with E-state index in [-0.39, 0.29) is 12.4 Å². The van der Waals surface area contributed by atoms with Crippen LogP contribution in [0.2, 0.25) is 0 Å². The summed E-state index contributed by atoms with van der Waals surface area (Å²) in [4.78, 5) is 11.3. The van der Waals surface area contributed by atoms with E-state index in [0.717, 1.165) is 5.56 Å². The minimum absolute atomic E-state index is 0.00213. The first-order valence-corrected chi connectivity index (χ1v) is 5.01. The third kappa shape index (κ3) is 3.06. The molecule has 0 aromatic heterocycles. The van der Waals surface area contributed by atoms with Crippen LogP contribution in [0.25, 0.3) is 0 Å². The first-order chi connectivity index (χ1) is 7.16. The number of benzene rings is 1. The number of aliphatic hydroxyl groups excluding tert-OH is 1. The highest BCUT2D eigenvalue weighted by Crippen LogP contribution is 2.23. The van der Waals surface area contributed by atoms with Gasteiger partial charge in [0.05, 0.1) is 12.2 Å². The normalized spacial score (nSPS) is 10.1. The van der Waals surface area contributed by atoms with E-state index in [1.54, 1.807) is 6.07 Å². The highest BCUT2D eigenvalue weighted by molar-refractivity contribution is 5.97. The summed E-state index contributed by atoms with van der Waals surface area (Å²) < 4.78 is 5.49. The van der Waals surface area contributed by atoms with Crippen molar-refractivity contribution >= 4 is 5.78 Å². The van der Waals surface area contributed by atoms with E-state index in [2.05, 4.69) is 0 Å². The van der Waals surface area contributed by atoms with E-state index in [9.17, 15) is 4.79 Å². The van der Waals surface area contributed by atoms with Crippen LogP contribution in [0.1, 0.15) is 29.3 Å². The first-order valence-electron chi connectivity index (χ1n) is 5.01. The van der Waals surface area contributed by atoms with Gasteiger partial charge in [-0.2, -0.15) is 0 Å². The Balaban J connectivity index is 2.87. The van der Waals surface area contributed by atoms with E-state index in [1.165, 1.54) is 6.92 Å². The van der Waals surface area contributed by atoms with E-state index in [4.69, 9.17) is 9.84 Å². The van der Waals surface area contributed by atoms with Crippen molar-refractivity contribution in [1.82, 2.24) is 0 Å². The molecule has 0 fully saturated rings. The average molecular weight is 208 g/mol. The first kappa shape index (κ1) is 11.7. The molecule has 0 aliphatic rings. The van der Waals surface area contributed by atoms with Crippen LogP contribution in [0.4, 0.5) is 0 Å². The van der Waals surface area contributed by atoms with E-state index >= 15 is 0 Å². The lowest BCUT2D eigenvalue weighted by Crippen LogP contribution is -2.05. The number of aliphatic hydroxyl groups is 1. The molecule has 0 heterocycles. The number of hydrogen-bond donors (Lipinski definition) is 1. The van der Waals surface area contributed by atoms with Crippen LogP contribution in [-0.4, -0.2) is 24.1 Å². The maximum atomic E-state index is 11.3. The maximum absolute atomic E-state index is 11.3. The van der Waals surface area contributed by atoms with Crippen molar-refractivity contribution in [2.45, 2.75) is 20.3 Å². The lowest BCUT2D eigenvalue weighted by atomic mass is 10.1. The standard InChI is InChI=1S/C12H16O3/c1-9-5-3-6-11(10(2)14)12(9)15-8-4-7-13/h3,5-6,13H,4,7-8H2,1-2H3. The van der Waals surface area contributed by atoms with Crippen LogP contribution >= 0.6 is 0 Å². The van der Waals surface area contributed by atoms with Gasteiger partial charge in [0.1, 0.15) is 5.75 Å². The van der Waals surface area contributed by atoms with Crippen molar-refractivity contribution in [2.75, 3.05) is 13.2 Å². The Morgan fingerprint density at radius 1 is 1.47 bits per heavy atom. The molecule has 82 valence electrons. The van der Waals surface area contributed by atoms with Crippen LogP contribution in [-0.2, 0) is 0 Å². The molecule has 0 aliphatic carbocycles. The molecule has 1 rings (SSSR count). The van der Waals surface area contributed by atoms with Gasteiger partial charge in [0.2, 0.25) is 0 Å². The molecule has 3 nitrogen and oxygen atoms in total. The van der Waals surface area contributed by atoms with Crippen LogP contribution in [0.15, 0.2) is 18.2 Å². The minimum Gasteiger partial charge on any atom is -0.492 e. The molecule has 0 bridgehead atoms. The summed E-state index contributed by atoms with van der Waals surface area (Å²) in [5, 5.41) is 8.65. The van der Waals surface area contributed by atoms with Crippen molar-refractivity contribution in [1.29, 1.82) is 0 Å². The van der Waals surface area contributed by atoms with Crippen molar-refractivity contribution in [2.24, 2.45) is 0 Å². The molecule has 0 amide bonds. The average Bonchev–Trinajstić information content (AvgIpc) is 2.20. The number of rotatable bonds is 5. The summed E-state index contributed by atoms with van der Waals surface area (Å²) in [5.74, 6) is 0.635. The molecular formula is C12H16O3. The monoisotopic (exact) mass is 208 g/mol. The van der Waals surface area contributed by atoms with Gasteiger partial charge in [-0.05, 0) is 25.5 Å². The van der Waals surface area contributed by atoms with Crippen molar-refractivity contribution < 1.29 is 14.6 Å². The molecule has 1 aromatic rings. The number of carbonyl (C=O) groups is 1. The van der Waals surface area contributed by atoms with Crippen LogP contribution in [0.5, 0.6) is 5.75 Å². The zero-order chi connectivity index (χ0) is 11.3. The predicted molar refractivity (Wildman–Crippen MR) is 58.4 cm³/mol. The summed E-state index contributed by atoms with van der Waals surface area (Å²) in [7, 11) is 0. The number of carbonyl (C=O) groups excluding carboxylic acids is 1. The Bertz CT molecular complexity index is 345. The Hall–Kier alpha value is -1.35. The summed E-state index contributed by atoms with van der Waals surface area (Å²) >= 11 is 0. The minimum atomic E-state index is -0.00213. The van der Waals surface area contributed by atoms with Crippen LogP contribution in [0, 0.1) is 6.92 Å². The maximum Gasteiger partial charge on any atom is 0.163 e. The van der Waals surface area contributed by atoms with E-state index in [0.29, 0.717) is 24.3 Å². The Morgan fingerprint density at radius 2 is 2.20 bits per heavy atom. The largest absolute Gasteiger partial charge is 0.492 e. The molecule has 0 saturated heterocycles. The fourth-order valence-corrected chi connectivity index (χ4v) is 1.36. The lowest BCUT2D eigenvalue weighted by molar-refractivity contribution is 0.101. The SMILES string of the molecule is CC(=O)c1cccc(C)c1OCCCO. The molecule has 1 aromatic carbocycles. The molecule has 0 aliphatic heterocycles. The molecule has 0 saturated carbocycles. The summed E-state index contributed by atoms with van der Waals surface area (Å²) in [5.41, 5.74) is 1.55. The molecule has 0 radical (unpaired) electrons. The molecule has 0 unspecified atom stereocenters. The number of Topliss-reactive ketones (excluding diaryl/α,β-unsaturated/α-hetero) is 1. The molecular weight excluding hydrogens is 192 g/mol. The highest BCUT2D eigenvalue weighted by Gasteiger charge is 2.10. The Morgan fingerprint density at radius 3 is 2.80 bits per heavy atom. The quantitative estimate of drug-likeness (QED) is 0.594. The van der Waals surface area contributed by atoms with Gasteiger partial charge in [-0.3, -0.25) is 4.79 Å². The van der Waals surface area contributed by atoms with E-state index < -0.39 is 0 Å². The van der Waals surface area contributed by atoms with Crippen LogP contribution in [0.3, 0.4) is 0 Å². The number of ketones is 1. The van der Waals surface area contributed by atoms with Crippen LogP contribution < -0.4 is 4.74 Å². The topological polar surface area (TPSA) is 46.5 Å². The van der Waals surface area contributed by atoms with Crippen molar-refractivity contribution in [3.63, 3.8) is 0 Å². The highest BCUT2D eigenvalue weighted by atomic mass is 16.5. The molecule has 1 N–H and O–H groups in total. The summed E-state index contributed by atoms with van der Waals surface area (Å²) in [6, 6.07) is 5.50. The van der Waals surface area contributed by atoms with Gasteiger partial charge in [-0.15, -0.1) is 0 Å². The van der Waals surface area contributed by atoms with Gasteiger partial charge in [0.25, 0.3) is 0 Å². The molecule has 15 heavy (non-hydrogen) atoms. The van der Waals surface area contributed by atoms with Gasteiger partial charge in [-0.1, -0.05) is 12.1 Å². The molecule has 0 atom stereocenters. The smallest absolute Gasteiger partial charge is 0.163 e. The third-order valence-corrected chi connectivity index (χ3v) is 2.14. The van der Waals surface area contributed by atoms with Gasteiger partial charge in [0, 0.05) is 13.0 Å². The van der Waals surface area contributed by atoms with E-state index in [1.807, 2.05) is 19.1 Å². The number of ether oxygens (including phenoxy) is 1. The molecule has 3 heteroatoms. The zero-order valence-electron chi connectivity index (χ0n) is 9.12. The zero-order valence-corrected chi connectivity index (χ0v) is 9.12. The Labute approximate surface area is 89.7 Å². The fourth-order valence-electron chi connectivity index (χ4n) is 1.36. The fraction of sp³-hybridized carbons (Fsp3) is 0.417. The number of para-hydroxylation sites is 1. The van der Waals surface area contributed by atoms with Crippen molar-refractivity contribution in [3.8, 4) is 5.75 Å². The van der Waals surface area contributed by atoms with Gasteiger partial charge in [-0.25, -0.2) is 0 Å². The Kier molecular flexibility index (Phi) is 4.31. The lowest BCUT2D eigenvalue weighted by Gasteiger charge is -2.11. The summed E-state index contributed by atoms with van der Waals surface area (Å²) in [6.45, 7) is 3.96. The number of aryl methyl sites for hydroxylation is 1. The third-order valence-electron chi connectivity index (χ3n) is 2.14. The molecule has 0 spiro atoms.